The lowest BCUT2D eigenvalue weighted by atomic mass is 9.76. The lowest BCUT2D eigenvalue weighted by molar-refractivity contribution is -0.137. The van der Waals surface area contributed by atoms with E-state index in [1.807, 2.05) is 55.5 Å². The van der Waals surface area contributed by atoms with Crippen LogP contribution in [0.1, 0.15) is 66.8 Å². The molecule has 2 amide bonds. The van der Waals surface area contributed by atoms with E-state index < -0.39 is 29.1 Å². The second-order valence-corrected chi connectivity index (χ2v) is 10.5. The Morgan fingerprint density at radius 2 is 1.56 bits per heavy atom. The molecule has 4 rings (SSSR count). The van der Waals surface area contributed by atoms with Gasteiger partial charge in [-0.25, -0.2) is 9.18 Å². The van der Waals surface area contributed by atoms with Crippen molar-refractivity contribution >= 4 is 6.03 Å². The molecular formula is C32H34F4N2O. The molecule has 0 spiro atoms. The maximum absolute atomic E-state index is 14.9. The molecule has 1 aliphatic carbocycles. The van der Waals surface area contributed by atoms with Crippen molar-refractivity contribution in [2.75, 3.05) is 0 Å². The summed E-state index contributed by atoms with van der Waals surface area (Å²) in [6.07, 6.45) is 0.467. The number of hydrogen-bond acceptors (Lipinski definition) is 1. The minimum Gasteiger partial charge on any atom is -0.335 e. The fourth-order valence-electron chi connectivity index (χ4n) is 5.30. The summed E-state index contributed by atoms with van der Waals surface area (Å²) in [6.45, 7) is 5.90. The van der Waals surface area contributed by atoms with E-state index in [0.29, 0.717) is 18.1 Å². The third kappa shape index (κ3) is 7.28. The van der Waals surface area contributed by atoms with Crippen LogP contribution in [0.25, 0.3) is 0 Å². The van der Waals surface area contributed by atoms with Crippen LogP contribution in [0, 0.1) is 5.82 Å². The zero-order chi connectivity index (χ0) is 28.0. The predicted octanol–water partition coefficient (Wildman–Crippen LogP) is 8.08. The van der Waals surface area contributed by atoms with Gasteiger partial charge in [-0.2, -0.15) is 13.2 Å². The summed E-state index contributed by atoms with van der Waals surface area (Å²) in [4.78, 5) is 13.5. The highest BCUT2D eigenvalue weighted by Gasteiger charge is 2.40. The normalized spacial score (nSPS) is 15.5. The maximum Gasteiger partial charge on any atom is 0.416 e. The van der Waals surface area contributed by atoms with Crippen molar-refractivity contribution in [3.8, 4) is 0 Å². The molecule has 1 unspecified atom stereocenters. The molecule has 1 fully saturated rings. The number of nitrogens with one attached hydrogen (secondary N) is 2. The number of benzene rings is 3. The Bertz CT molecular complexity index is 1300. The van der Waals surface area contributed by atoms with E-state index in [2.05, 4.69) is 17.2 Å². The summed E-state index contributed by atoms with van der Waals surface area (Å²) < 4.78 is 56.5. The standard InChI is InChI=1S/C32H34F4N2O/c1-22(2)15-16-23-11-8-12-25(17-23)31(21-24-9-4-3-5-10-24,38-30(39)37-29-13-6-7-14-29)26-18-27(32(34,35)36)20-28(33)19-26/h3-5,8-12,17-20,29H,1,6-7,13-16,21H2,2H3,(H2,37,38,39). The van der Waals surface area contributed by atoms with Crippen molar-refractivity contribution in [2.45, 2.75) is 69.6 Å². The second kappa shape index (κ2) is 12.1. The number of rotatable bonds is 9. The van der Waals surface area contributed by atoms with Gasteiger partial charge < -0.3 is 10.6 Å². The SMILES string of the molecule is C=C(C)CCc1cccc(C(Cc2ccccc2)(NC(=O)NC2CCCC2)c2cc(F)cc(C(F)(F)F)c2)c1. The number of carbonyl (C=O) groups is 1. The van der Waals surface area contributed by atoms with Gasteiger partial charge in [0.1, 0.15) is 5.82 Å². The molecule has 0 saturated heterocycles. The summed E-state index contributed by atoms with van der Waals surface area (Å²) >= 11 is 0. The number of allylic oxidation sites excluding steroid dienone is 1. The largest absolute Gasteiger partial charge is 0.416 e. The first-order valence-corrected chi connectivity index (χ1v) is 13.3. The van der Waals surface area contributed by atoms with Crippen LogP contribution in [-0.2, 0) is 24.6 Å². The van der Waals surface area contributed by atoms with E-state index in [9.17, 15) is 22.4 Å². The monoisotopic (exact) mass is 538 g/mol. The lowest BCUT2D eigenvalue weighted by Gasteiger charge is -2.37. The van der Waals surface area contributed by atoms with Gasteiger partial charge in [0.2, 0.25) is 0 Å². The molecule has 2 N–H and O–H groups in total. The summed E-state index contributed by atoms with van der Waals surface area (Å²) in [5.74, 6) is -1.02. The maximum atomic E-state index is 14.9. The number of alkyl halides is 3. The van der Waals surface area contributed by atoms with Gasteiger partial charge in [-0.1, -0.05) is 73.0 Å². The summed E-state index contributed by atoms with van der Waals surface area (Å²) in [7, 11) is 0. The van der Waals surface area contributed by atoms with Crippen LogP contribution < -0.4 is 10.6 Å². The van der Waals surface area contributed by atoms with E-state index in [4.69, 9.17) is 0 Å². The smallest absolute Gasteiger partial charge is 0.335 e. The van der Waals surface area contributed by atoms with E-state index in [1.165, 1.54) is 0 Å². The van der Waals surface area contributed by atoms with Gasteiger partial charge >= 0.3 is 12.2 Å². The molecule has 1 atom stereocenters. The van der Waals surface area contributed by atoms with Gasteiger partial charge in [-0.3, -0.25) is 0 Å². The van der Waals surface area contributed by atoms with Gasteiger partial charge in [0.25, 0.3) is 0 Å². The molecule has 0 aliphatic heterocycles. The topological polar surface area (TPSA) is 41.1 Å². The third-order valence-electron chi connectivity index (χ3n) is 7.31. The molecule has 0 aromatic heterocycles. The summed E-state index contributed by atoms with van der Waals surface area (Å²) in [5.41, 5.74) is 0.743. The van der Waals surface area contributed by atoms with Gasteiger partial charge in [-0.05, 0) is 73.1 Å². The summed E-state index contributed by atoms with van der Waals surface area (Å²) in [6, 6.07) is 18.6. The Hall–Kier alpha value is -3.61. The molecule has 0 heterocycles. The fraction of sp³-hybridized carbons (Fsp3) is 0.344. The third-order valence-corrected chi connectivity index (χ3v) is 7.31. The zero-order valence-electron chi connectivity index (χ0n) is 22.1. The molecule has 0 bridgehead atoms. The first kappa shape index (κ1) is 28.4. The van der Waals surface area contributed by atoms with Crippen LogP contribution in [0.15, 0.2) is 84.9 Å². The molecule has 3 aromatic rings. The Kier molecular flexibility index (Phi) is 8.78. The van der Waals surface area contributed by atoms with E-state index in [0.717, 1.165) is 60.9 Å². The zero-order valence-corrected chi connectivity index (χ0v) is 22.1. The van der Waals surface area contributed by atoms with E-state index in [1.54, 1.807) is 6.07 Å². The molecule has 206 valence electrons. The van der Waals surface area contributed by atoms with Crippen LogP contribution in [0.4, 0.5) is 22.4 Å². The minimum absolute atomic E-state index is 0.0143. The van der Waals surface area contributed by atoms with Crippen LogP contribution in [0.3, 0.4) is 0 Å². The Morgan fingerprint density at radius 3 is 2.23 bits per heavy atom. The van der Waals surface area contributed by atoms with Crippen molar-refractivity contribution in [2.24, 2.45) is 0 Å². The van der Waals surface area contributed by atoms with Gasteiger partial charge in [-0.15, -0.1) is 6.58 Å². The van der Waals surface area contributed by atoms with Crippen LogP contribution >= 0.6 is 0 Å². The second-order valence-electron chi connectivity index (χ2n) is 10.5. The number of hydrogen-bond donors (Lipinski definition) is 2. The average molecular weight is 539 g/mol. The number of aryl methyl sites for hydroxylation is 1. The van der Waals surface area contributed by atoms with Crippen LogP contribution in [0.5, 0.6) is 0 Å². The minimum atomic E-state index is -4.76. The molecule has 7 heteroatoms. The van der Waals surface area contributed by atoms with Gasteiger partial charge in [0, 0.05) is 12.5 Å². The summed E-state index contributed by atoms with van der Waals surface area (Å²) in [5, 5.41) is 6.03. The highest BCUT2D eigenvalue weighted by atomic mass is 19.4. The average Bonchev–Trinajstić information content (AvgIpc) is 3.40. The fourth-order valence-corrected chi connectivity index (χ4v) is 5.30. The Balaban J connectivity index is 1.90. The first-order chi connectivity index (χ1) is 18.5. The molecule has 3 aromatic carbocycles. The molecular weight excluding hydrogens is 504 g/mol. The number of halogens is 4. The van der Waals surface area contributed by atoms with E-state index in [-0.39, 0.29) is 18.0 Å². The Morgan fingerprint density at radius 1 is 0.897 bits per heavy atom. The van der Waals surface area contributed by atoms with Crippen molar-refractivity contribution < 1.29 is 22.4 Å². The predicted molar refractivity (Wildman–Crippen MR) is 146 cm³/mol. The molecule has 1 saturated carbocycles. The van der Waals surface area contributed by atoms with Gasteiger partial charge in [0.15, 0.2) is 0 Å². The molecule has 0 radical (unpaired) electrons. The number of carbonyl (C=O) groups excluding carboxylic acids is 1. The highest BCUT2D eigenvalue weighted by Crippen LogP contribution is 2.38. The van der Waals surface area contributed by atoms with Crippen molar-refractivity contribution in [3.63, 3.8) is 0 Å². The van der Waals surface area contributed by atoms with Crippen LogP contribution in [0.2, 0.25) is 0 Å². The quantitative estimate of drug-likeness (QED) is 0.210. The van der Waals surface area contributed by atoms with Crippen molar-refractivity contribution in [1.82, 2.24) is 10.6 Å². The lowest BCUT2D eigenvalue weighted by Crippen LogP contribution is -2.53. The first-order valence-electron chi connectivity index (χ1n) is 13.3. The number of amides is 2. The molecule has 1 aliphatic rings. The molecule has 39 heavy (non-hydrogen) atoms. The van der Waals surface area contributed by atoms with Crippen molar-refractivity contribution in [3.05, 3.63) is 119 Å². The van der Waals surface area contributed by atoms with Crippen molar-refractivity contribution in [1.29, 1.82) is 0 Å². The van der Waals surface area contributed by atoms with Gasteiger partial charge in [0.05, 0.1) is 11.1 Å². The molecule has 3 nitrogen and oxygen atoms in total. The van der Waals surface area contributed by atoms with E-state index >= 15 is 0 Å². The van der Waals surface area contributed by atoms with Crippen LogP contribution in [-0.4, -0.2) is 12.1 Å². The Labute approximate surface area is 227 Å². The number of urea groups is 1. The highest BCUT2D eigenvalue weighted by molar-refractivity contribution is 5.76.